The van der Waals surface area contributed by atoms with Crippen molar-refractivity contribution in [3.05, 3.63) is 17.0 Å². The van der Waals surface area contributed by atoms with Crippen molar-refractivity contribution in [2.24, 2.45) is 5.92 Å². The number of nitrogens with zero attached hydrogens (tertiary/aromatic N) is 3. The second-order valence-corrected chi connectivity index (χ2v) is 5.56. The molecule has 0 aromatic carbocycles. The molecule has 2 heterocycles. The monoisotopic (exact) mass is 293 g/mol. The first-order chi connectivity index (χ1) is 9.61. The smallest absolute Gasteiger partial charge is 0.302 e. The highest BCUT2D eigenvalue weighted by atomic mass is 32.1. The van der Waals surface area contributed by atoms with E-state index in [4.69, 9.17) is 4.42 Å². The zero-order valence-electron chi connectivity index (χ0n) is 10.5. The van der Waals surface area contributed by atoms with Crippen molar-refractivity contribution in [3.8, 4) is 0 Å². The molecule has 8 nitrogen and oxygen atoms in total. The first kappa shape index (κ1) is 12.7. The lowest BCUT2D eigenvalue weighted by Crippen LogP contribution is -2.15. The third-order valence-corrected chi connectivity index (χ3v) is 3.42. The summed E-state index contributed by atoms with van der Waals surface area (Å²) in [4.78, 5) is 27.3. The Balaban J connectivity index is 1.63. The zero-order chi connectivity index (χ0) is 14.1. The van der Waals surface area contributed by atoms with Crippen LogP contribution in [0.2, 0.25) is 0 Å². The number of anilines is 2. The molecule has 0 spiro atoms. The van der Waals surface area contributed by atoms with Gasteiger partial charge in [-0.15, -0.1) is 10.2 Å². The van der Waals surface area contributed by atoms with Gasteiger partial charge in [-0.25, -0.2) is 0 Å². The van der Waals surface area contributed by atoms with Crippen LogP contribution in [0.25, 0.3) is 0 Å². The standard InChI is InChI=1S/C11H11N5O3S/c1-5-15-16-11(20-5)14-9(18)7-4-19-10(12-7)13-8(17)6-2-3-6/h4,6H,2-3H2,1H3,(H,12,13,17)(H,14,16,18). The van der Waals surface area contributed by atoms with Gasteiger partial charge in [0.15, 0.2) is 5.69 Å². The van der Waals surface area contributed by atoms with E-state index in [1.165, 1.54) is 17.6 Å². The Hall–Kier alpha value is -2.29. The maximum atomic E-state index is 11.9. The van der Waals surface area contributed by atoms with Crippen LogP contribution in [-0.2, 0) is 4.79 Å². The van der Waals surface area contributed by atoms with Crippen LogP contribution in [0.3, 0.4) is 0 Å². The van der Waals surface area contributed by atoms with E-state index in [2.05, 4.69) is 25.8 Å². The van der Waals surface area contributed by atoms with Crippen LogP contribution in [0.1, 0.15) is 28.3 Å². The van der Waals surface area contributed by atoms with Crippen LogP contribution < -0.4 is 10.6 Å². The molecule has 9 heteroatoms. The molecule has 2 aromatic heterocycles. The molecule has 0 saturated heterocycles. The van der Waals surface area contributed by atoms with E-state index < -0.39 is 5.91 Å². The van der Waals surface area contributed by atoms with E-state index in [-0.39, 0.29) is 23.5 Å². The van der Waals surface area contributed by atoms with Crippen LogP contribution in [-0.4, -0.2) is 27.0 Å². The first-order valence-electron chi connectivity index (χ1n) is 5.99. The summed E-state index contributed by atoms with van der Waals surface area (Å²) in [5, 5.41) is 13.8. The van der Waals surface area contributed by atoms with Gasteiger partial charge in [0.1, 0.15) is 11.3 Å². The van der Waals surface area contributed by atoms with E-state index in [0.29, 0.717) is 5.13 Å². The largest absolute Gasteiger partial charge is 0.431 e. The molecule has 0 radical (unpaired) electrons. The van der Waals surface area contributed by atoms with Crippen LogP contribution >= 0.6 is 11.3 Å². The molecule has 0 aliphatic heterocycles. The highest BCUT2D eigenvalue weighted by Gasteiger charge is 2.30. The average Bonchev–Trinajstić information content (AvgIpc) is 3.04. The molecule has 2 amide bonds. The van der Waals surface area contributed by atoms with Gasteiger partial charge in [0.2, 0.25) is 11.0 Å². The summed E-state index contributed by atoms with van der Waals surface area (Å²) in [6.07, 6.45) is 2.96. The number of hydrogen-bond acceptors (Lipinski definition) is 7. The second-order valence-electron chi connectivity index (χ2n) is 4.38. The molecule has 2 N–H and O–H groups in total. The normalized spacial score (nSPS) is 14.1. The van der Waals surface area contributed by atoms with Crippen molar-refractivity contribution in [1.82, 2.24) is 15.2 Å². The van der Waals surface area contributed by atoms with Gasteiger partial charge < -0.3 is 4.42 Å². The summed E-state index contributed by atoms with van der Waals surface area (Å²) < 4.78 is 5.04. The van der Waals surface area contributed by atoms with Gasteiger partial charge in [-0.1, -0.05) is 11.3 Å². The maximum Gasteiger partial charge on any atom is 0.302 e. The fourth-order valence-corrected chi connectivity index (χ4v) is 2.08. The Bertz CT molecular complexity index is 661. The van der Waals surface area contributed by atoms with Gasteiger partial charge in [-0.2, -0.15) is 4.98 Å². The van der Waals surface area contributed by atoms with E-state index in [0.717, 1.165) is 17.8 Å². The summed E-state index contributed by atoms with van der Waals surface area (Å²) in [7, 11) is 0. The second kappa shape index (κ2) is 5.00. The molecule has 20 heavy (non-hydrogen) atoms. The summed E-state index contributed by atoms with van der Waals surface area (Å²) >= 11 is 1.26. The van der Waals surface area contributed by atoms with Crippen molar-refractivity contribution in [1.29, 1.82) is 0 Å². The van der Waals surface area contributed by atoms with Crippen molar-refractivity contribution in [2.45, 2.75) is 19.8 Å². The number of hydrogen-bond donors (Lipinski definition) is 2. The summed E-state index contributed by atoms with van der Waals surface area (Å²) in [6.45, 7) is 1.79. The lowest BCUT2D eigenvalue weighted by molar-refractivity contribution is -0.117. The van der Waals surface area contributed by atoms with Gasteiger partial charge in [-0.05, 0) is 19.8 Å². The molecule has 1 aliphatic rings. The maximum absolute atomic E-state index is 11.9. The predicted octanol–water partition coefficient (Wildman–Crippen LogP) is 1.44. The van der Waals surface area contributed by atoms with Gasteiger partial charge >= 0.3 is 6.01 Å². The number of oxazole rings is 1. The first-order valence-corrected chi connectivity index (χ1v) is 6.81. The number of carbonyl (C=O) groups excluding carboxylic acids is 2. The number of carbonyl (C=O) groups is 2. The third kappa shape index (κ3) is 2.82. The van der Waals surface area contributed by atoms with E-state index >= 15 is 0 Å². The van der Waals surface area contributed by atoms with Crippen molar-refractivity contribution < 1.29 is 14.0 Å². The van der Waals surface area contributed by atoms with Crippen molar-refractivity contribution in [3.63, 3.8) is 0 Å². The molecular formula is C11H11N5O3S. The fraction of sp³-hybridized carbons (Fsp3) is 0.364. The highest BCUT2D eigenvalue weighted by Crippen LogP contribution is 2.30. The zero-order valence-corrected chi connectivity index (χ0v) is 11.4. The number of aryl methyl sites for hydroxylation is 1. The molecular weight excluding hydrogens is 282 g/mol. The molecule has 104 valence electrons. The average molecular weight is 293 g/mol. The van der Waals surface area contributed by atoms with Crippen LogP contribution in [0.5, 0.6) is 0 Å². The molecule has 1 aliphatic carbocycles. The molecule has 0 bridgehead atoms. The lowest BCUT2D eigenvalue weighted by atomic mass is 10.4. The number of amides is 2. The molecule has 0 atom stereocenters. The summed E-state index contributed by atoms with van der Waals surface area (Å²) in [5.41, 5.74) is 0.0731. The molecule has 1 saturated carbocycles. The lowest BCUT2D eigenvalue weighted by Gasteiger charge is -1.97. The molecule has 2 aromatic rings. The minimum atomic E-state index is -0.461. The van der Waals surface area contributed by atoms with Crippen molar-refractivity contribution >= 4 is 34.3 Å². The van der Waals surface area contributed by atoms with E-state index in [1.807, 2.05) is 0 Å². The molecule has 1 fully saturated rings. The minimum Gasteiger partial charge on any atom is -0.431 e. The van der Waals surface area contributed by atoms with Gasteiger partial charge in [0, 0.05) is 5.92 Å². The van der Waals surface area contributed by atoms with E-state index in [9.17, 15) is 9.59 Å². The van der Waals surface area contributed by atoms with Gasteiger partial charge in [0.05, 0.1) is 0 Å². The number of aromatic nitrogens is 3. The SMILES string of the molecule is Cc1nnc(NC(=O)c2coc(NC(=O)C3CC3)n2)s1. The van der Waals surface area contributed by atoms with Crippen molar-refractivity contribution in [2.75, 3.05) is 10.6 Å². The highest BCUT2D eigenvalue weighted by molar-refractivity contribution is 7.15. The molecule has 3 rings (SSSR count). The Labute approximate surface area is 117 Å². The summed E-state index contributed by atoms with van der Waals surface area (Å²) in [5.74, 6) is -0.543. The third-order valence-electron chi connectivity index (χ3n) is 2.66. The Morgan fingerprint density at radius 1 is 1.35 bits per heavy atom. The van der Waals surface area contributed by atoms with Crippen LogP contribution in [0.4, 0.5) is 11.1 Å². The Morgan fingerprint density at radius 2 is 2.15 bits per heavy atom. The predicted molar refractivity (Wildman–Crippen MR) is 70.5 cm³/mol. The van der Waals surface area contributed by atoms with Gasteiger partial charge in [-0.3, -0.25) is 20.2 Å². The molecule has 0 unspecified atom stereocenters. The number of rotatable bonds is 4. The summed E-state index contributed by atoms with van der Waals surface area (Å²) in [6, 6.07) is 0.0282. The van der Waals surface area contributed by atoms with Gasteiger partial charge in [0.25, 0.3) is 5.91 Å². The number of nitrogens with one attached hydrogen (secondary N) is 2. The minimum absolute atomic E-state index is 0.0282. The Morgan fingerprint density at radius 3 is 2.80 bits per heavy atom. The van der Waals surface area contributed by atoms with Crippen LogP contribution in [0.15, 0.2) is 10.7 Å². The van der Waals surface area contributed by atoms with Crippen LogP contribution in [0, 0.1) is 12.8 Å². The van der Waals surface area contributed by atoms with E-state index in [1.54, 1.807) is 6.92 Å². The quantitative estimate of drug-likeness (QED) is 0.882. The Kier molecular flexibility index (Phi) is 3.18. The fourth-order valence-electron chi connectivity index (χ4n) is 1.50. The topological polar surface area (TPSA) is 110 Å².